The first-order valence-electron chi connectivity index (χ1n) is 7.79. The van der Waals surface area contributed by atoms with Crippen molar-refractivity contribution >= 4 is 45.8 Å². The van der Waals surface area contributed by atoms with Gasteiger partial charge in [-0.1, -0.05) is 23.7 Å². The molecule has 0 saturated carbocycles. The first kappa shape index (κ1) is 17.6. The standard InChI is InChI=1S/C17H16ClN3O3S/c1-10(21-14(22)6-7-15(21)23)16(24)20-17-19-9-13(25-17)8-11-2-4-12(18)5-3-11/h2-5,9-10H,6-8H2,1H3,(H,19,20,24)/t10-/m0/s1. The van der Waals surface area contributed by atoms with Crippen molar-refractivity contribution in [2.75, 3.05) is 5.32 Å². The predicted octanol–water partition coefficient (Wildman–Crippen LogP) is 2.86. The number of nitrogens with one attached hydrogen (secondary N) is 1. The molecule has 0 radical (unpaired) electrons. The number of benzene rings is 1. The van der Waals surface area contributed by atoms with Gasteiger partial charge < -0.3 is 5.32 Å². The Morgan fingerprint density at radius 3 is 2.56 bits per heavy atom. The zero-order valence-electron chi connectivity index (χ0n) is 13.5. The highest BCUT2D eigenvalue weighted by Gasteiger charge is 2.36. The van der Waals surface area contributed by atoms with E-state index in [9.17, 15) is 14.4 Å². The van der Waals surface area contributed by atoms with Crippen molar-refractivity contribution in [2.45, 2.75) is 32.2 Å². The van der Waals surface area contributed by atoms with Gasteiger partial charge in [0.15, 0.2) is 5.13 Å². The first-order valence-corrected chi connectivity index (χ1v) is 8.98. The Balaban J connectivity index is 1.62. The molecule has 1 aromatic carbocycles. The van der Waals surface area contributed by atoms with Crippen molar-refractivity contribution in [1.29, 1.82) is 0 Å². The molecule has 0 unspecified atom stereocenters. The molecule has 3 rings (SSSR count). The number of aromatic nitrogens is 1. The Labute approximate surface area is 153 Å². The van der Waals surface area contributed by atoms with Crippen molar-refractivity contribution < 1.29 is 14.4 Å². The predicted molar refractivity (Wildman–Crippen MR) is 95.6 cm³/mol. The van der Waals surface area contributed by atoms with Crippen LogP contribution in [0.25, 0.3) is 0 Å². The third-order valence-corrected chi connectivity index (χ3v) is 5.10. The van der Waals surface area contributed by atoms with Gasteiger partial charge in [0, 0.05) is 35.4 Å². The summed E-state index contributed by atoms with van der Waals surface area (Å²) in [6.45, 7) is 1.54. The molecule has 0 aliphatic carbocycles. The van der Waals surface area contributed by atoms with Gasteiger partial charge in [-0.2, -0.15) is 0 Å². The molecule has 1 aliphatic heterocycles. The number of halogens is 1. The summed E-state index contributed by atoms with van der Waals surface area (Å²) in [7, 11) is 0. The topological polar surface area (TPSA) is 79.4 Å². The van der Waals surface area contributed by atoms with Crippen LogP contribution in [0, 0.1) is 0 Å². The van der Waals surface area contributed by atoms with Crippen LogP contribution in [0.3, 0.4) is 0 Å². The van der Waals surface area contributed by atoms with Gasteiger partial charge in [0.05, 0.1) is 0 Å². The van der Waals surface area contributed by atoms with E-state index in [0.717, 1.165) is 15.3 Å². The van der Waals surface area contributed by atoms with Crippen LogP contribution in [-0.2, 0) is 20.8 Å². The summed E-state index contributed by atoms with van der Waals surface area (Å²) in [6.07, 6.45) is 2.72. The van der Waals surface area contributed by atoms with E-state index in [0.29, 0.717) is 16.6 Å². The normalized spacial score (nSPS) is 15.5. The molecule has 1 fully saturated rings. The molecular weight excluding hydrogens is 362 g/mol. The summed E-state index contributed by atoms with van der Waals surface area (Å²) in [4.78, 5) is 41.9. The number of imide groups is 1. The minimum atomic E-state index is -0.842. The lowest BCUT2D eigenvalue weighted by Crippen LogP contribution is -2.44. The fraction of sp³-hybridized carbons (Fsp3) is 0.294. The summed E-state index contributed by atoms with van der Waals surface area (Å²) in [5.41, 5.74) is 1.09. The highest BCUT2D eigenvalue weighted by Crippen LogP contribution is 2.23. The van der Waals surface area contributed by atoms with Crippen molar-refractivity contribution in [3.8, 4) is 0 Å². The smallest absolute Gasteiger partial charge is 0.249 e. The fourth-order valence-corrected chi connectivity index (χ4v) is 3.58. The lowest BCUT2D eigenvalue weighted by molar-refractivity contribution is -0.144. The molecule has 0 bridgehead atoms. The largest absolute Gasteiger partial charge is 0.300 e. The number of carbonyl (C=O) groups is 3. The van der Waals surface area contributed by atoms with Crippen molar-refractivity contribution in [2.24, 2.45) is 0 Å². The molecule has 8 heteroatoms. The monoisotopic (exact) mass is 377 g/mol. The number of carbonyl (C=O) groups excluding carboxylic acids is 3. The van der Waals surface area contributed by atoms with Crippen LogP contribution in [-0.4, -0.2) is 33.6 Å². The van der Waals surface area contributed by atoms with E-state index in [2.05, 4.69) is 10.3 Å². The van der Waals surface area contributed by atoms with Gasteiger partial charge >= 0.3 is 0 Å². The molecule has 2 aromatic rings. The van der Waals surface area contributed by atoms with Gasteiger partial charge in [0.25, 0.3) is 0 Å². The maximum absolute atomic E-state index is 12.3. The number of amides is 3. The molecule has 0 spiro atoms. The van der Waals surface area contributed by atoms with Crippen LogP contribution >= 0.6 is 22.9 Å². The van der Waals surface area contributed by atoms with Crippen molar-refractivity contribution in [1.82, 2.24) is 9.88 Å². The van der Waals surface area contributed by atoms with Crippen molar-refractivity contribution in [3.63, 3.8) is 0 Å². The number of anilines is 1. The van der Waals surface area contributed by atoms with Crippen LogP contribution in [0.1, 0.15) is 30.2 Å². The Hall–Kier alpha value is -2.25. The van der Waals surface area contributed by atoms with E-state index < -0.39 is 11.9 Å². The third kappa shape index (κ3) is 4.05. The maximum Gasteiger partial charge on any atom is 0.249 e. The molecule has 1 aromatic heterocycles. The van der Waals surface area contributed by atoms with Gasteiger partial charge in [-0.25, -0.2) is 4.98 Å². The Kier molecular flexibility index (Phi) is 5.15. The Morgan fingerprint density at radius 2 is 1.92 bits per heavy atom. The van der Waals surface area contributed by atoms with E-state index in [1.165, 1.54) is 11.3 Å². The molecular formula is C17H16ClN3O3S. The molecule has 1 saturated heterocycles. The molecule has 25 heavy (non-hydrogen) atoms. The highest BCUT2D eigenvalue weighted by molar-refractivity contribution is 7.15. The maximum atomic E-state index is 12.3. The number of thiazole rings is 1. The molecule has 2 heterocycles. The summed E-state index contributed by atoms with van der Waals surface area (Å²) < 4.78 is 0. The molecule has 1 atom stereocenters. The first-order chi connectivity index (χ1) is 11.9. The molecule has 1 N–H and O–H groups in total. The molecule has 3 amide bonds. The molecule has 1 aliphatic rings. The molecule has 6 nitrogen and oxygen atoms in total. The summed E-state index contributed by atoms with van der Waals surface area (Å²) in [5, 5.41) is 3.80. The van der Waals surface area contributed by atoms with Crippen LogP contribution in [0.5, 0.6) is 0 Å². The van der Waals surface area contributed by atoms with Gasteiger partial charge in [0.2, 0.25) is 17.7 Å². The minimum absolute atomic E-state index is 0.166. The van der Waals surface area contributed by atoms with Crippen molar-refractivity contribution in [3.05, 3.63) is 45.9 Å². The molecule has 130 valence electrons. The average Bonchev–Trinajstić information content (AvgIpc) is 3.15. The zero-order chi connectivity index (χ0) is 18.0. The minimum Gasteiger partial charge on any atom is -0.300 e. The SMILES string of the molecule is C[C@@H](C(=O)Nc1ncc(Cc2ccc(Cl)cc2)s1)N1C(=O)CCC1=O. The van der Waals surface area contributed by atoms with Crippen LogP contribution < -0.4 is 5.32 Å². The summed E-state index contributed by atoms with van der Waals surface area (Å²) in [6, 6.07) is 6.68. The lowest BCUT2D eigenvalue weighted by Gasteiger charge is -2.20. The Bertz CT molecular complexity index is 803. The van der Waals surface area contributed by atoms with Gasteiger partial charge in [-0.15, -0.1) is 11.3 Å². The van der Waals surface area contributed by atoms with Gasteiger partial charge in [-0.3, -0.25) is 19.3 Å². The zero-order valence-corrected chi connectivity index (χ0v) is 15.1. The van der Waals surface area contributed by atoms with Crippen LogP contribution in [0.2, 0.25) is 5.02 Å². The number of nitrogens with zero attached hydrogens (tertiary/aromatic N) is 2. The number of likely N-dealkylation sites (tertiary alicyclic amines) is 1. The number of hydrogen-bond acceptors (Lipinski definition) is 5. The highest BCUT2D eigenvalue weighted by atomic mass is 35.5. The second kappa shape index (κ2) is 7.33. The summed E-state index contributed by atoms with van der Waals surface area (Å²) >= 11 is 7.23. The van der Waals surface area contributed by atoms with E-state index in [-0.39, 0.29) is 24.7 Å². The number of rotatable bonds is 5. The quantitative estimate of drug-likeness (QED) is 0.812. The second-order valence-corrected chi connectivity index (χ2v) is 7.31. The van der Waals surface area contributed by atoms with Crippen LogP contribution in [0.15, 0.2) is 30.5 Å². The van der Waals surface area contributed by atoms with E-state index in [1.807, 2.05) is 24.3 Å². The second-order valence-electron chi connectivity index (χ2n) is 5.76. The fourth-order valence-electron chi connectivity index (χ4n) is 2.60. The summed E-state index contributed by atoms with van der Waals surface area (Å²) in [5.74, 6) is -1.04. The lowest BCUT2D eigenvalue weighted by atomic mass is 10.1. The van der Waals surface area contributed by atoms with E-state index in [4.69, 9.17) is 11.6 Å². The van der Waals surface area contributed by atoms with E-state index >= 15 is 0 Å². The third-order valence-electron chi connectivity index (χ3n) is 3.93. The average molecular weight is 378 g/mol. The van der Waals surface area contributed by atoms with Gasteiger partial charge in [-0.05, 0) is 24.6 Å². The Morgan fingerprint density at radius 1 is 1.28 bits per heavy atom. The van der Waals surface area contributed by atoms with Gasteiger partial charge in [0.1, 0.15) is 6.04 Å². The van der Waals surface area contributed by atoms with E-state index in [1.54, 1.807) is 13.1 Å². The van der Waals surface area contributed by atoms with Crippen LogP contribution in [0.4, 0.5) is 5.13 Å². The number of hydrogen-bond donors (Lipinski definition) is 1.